The predicted molar refractivity (Wildman–Crippen MR) is 83.8 cm³/mol. The van der Waals surface area contributed by atoms with E-state index in [9.17, 15) is 0 Å². The zero-order chi connectivity index (χ0) is 14.1. The van der Waals surface area contributed by atoms with Crippen LogP contribution in [0.15, 0.2) is 36.4 Å². The van der Waals surface area contributed by atoms with Gasteiger partial charge in [-0.05, 0) is 61.2 Å². The van der Waals surface area contributed by atoms with Gasteiger partial charge in [0.2, 0.25) is 0 Å². The molecule has 1 heterocycles. The fourth-order valence-electron chi connectivity index (χ4n) is 2.45. The third kappa shape index (κ3) is 2.52. The minimum absolute atomic E-state index is 0.818. The predicted octanol–water partition coefficient (Wildman–Crippen LogP) is 3.55. The van der Waals surface area contributed by atoms with Crippen LogP contribution < -0.4 is 5.73 Å². The molecule has 20 heavy (non-hydrogen) atoms. The Morgan fingerprint density at radius 1 is 1.05 bits per heavy atom. The number of aryl methyl sites for hydroxylation is 4. The Morgan fingerprint density at radius 2 is 1.85 bits per heavy atom. The van der Waals surface area contributed by atoms with E-state index in [2.05, 4.69) is 42.0 Å². The Hall–Kier alpha value is -2.29. The summed E-state index contributed by atoms with van der Waals surface area (Å²) in [5.74, 6) is 1.03. The maximum Gasteiger partial charge on any atom is 0.107 e. The molecule has 0 amide bonds. The molecule has 0 unspecified atom stereocenters. The summed E-state index contributed by atoms with van der Waals surface area (Å²) in [6.45, 7) is 4.25. The van der Waals surface area contributed by atoms with Crippen molar-refractivity contribution < 1.29 is 0 Å². The number of H-pyrrole nitrogens is 1. The zero-order valence-electron chi connectivity index (χ0n) is 11.9. The van der Waals surface area contributed by atoms with Crippen molar-refractivity contribution in [1.82, 2.24) is 9.97 Å². The van der Waals surface area contributed by atoms with Gasteiger partial charge >= 0.3 is 0 Å². The first kappa shape index (κ1) is 12.7. The molecule has 0 saturated carbocycles. The highest BCUT2D eigenvalue weighted by molar-refractivity contribution is 5.77. The van der Waals surface area contributed by atoms with Gasteiger partial charge in [-0.2, -0.15) is 0 Å². The first-order chi connectivity index (χ1) is 9.61. The summed E-state index contributed by atoms with van der Waals surface area (Å²) in [7, 11) is 0. The van der Waals surface area contributed by atoms with Crippen LogP contribution in [0.5, 0.6) is 0 Å². The summed E-state index contributed by atoms with van der Waals surface area (Å²) < 4.78 is 0. The van der Waals surface area contributed by atoms with Gasteiger partial charge in [-0.1, -0.05) is 12.1 Å². The maximum absolute atomic E-state index is 5.80. The van der Waals surface area contributed by atoms with Gasteiger partial charge in [0.1, 0.15) is 5.82 Å². The van der Waals surface area contributed by atoms with Crippen LogP contribution in [0.25, 0.3) is 11.0 Å². The van der Waals surface area contributed by atoms with E-state index in [0.717, 1.165) is 35.4 Å². The van der Waals surface area contributed by atoms with Crippen LogP contribution in [0.4, 0.5) is 5.69 Å². The molecule has 0 atom stereocenters. The number of nitrogens with one attached hydrogen (secondary N) is 1. The van der Waals surface area contributed by atoms with Crippen molar-refractivity contribution in [2.75, 3.05) is 5.73 Å². The molecule has 0 saturated heterocycles. The third-order valence-electron chi connectivity index (χ3n) is 3.75. The maximum atomic E-state index is 5.80. The number of imidazole rings is 1. The van der Waals surface area contributed by atoms with Crippen molar-refractivity contribution in [2.45, 2.75) is 26.7 Å². The Balaban J connectivity index is 1.81. The quantitative estimate of drug-likeness (QED) is 0.712. The van der Waals surface area contributed by atoms with Gasteiger partial charge in [0.05, 0.1) is 11.0 Å². The van der Waals surface area contributed by atoms with Gasteiger partial charge in [0, 0.05) is 12.1 Å². The molecule has 3 rings (SSSR count). The smallest absolute Gasteiger partial charge is 0.107 e. The fourth-order valence-corrected chi connectivity index (χ4v) is 2.45. The fraction of sp³-hybridized carbons (Fsp3) is 0.235. The van der Waals surface area contributed by atoms with E-state index in [1.165, 1.54) is 16.7 Å². The summed E-state index contributed by atoms with van der Waals surface area (Å²) in [5.41, 5.74) is 12.6. The molecule has 0 fully saturated rings. The van der Waals surface area contributed by atoms with E-state index in [-0.39, 0.29) is 0 Å². The van der Waals surface area contributed by atoms with Crippen molar-refractivity contribution in [3.8, 4) is 0 Å². The standard InChI is InChI=1S/C17H19N3/c1-11-8-15-16(9-12(11)2)20-17(19-15)7-6-13-4-3-5-14(18)10-13/h3-5,8-10H,6-7,18H2,1-2H3,(H,19,20). The third-order valence-corrected chi connectivity index (χ3v) is 3.75. The number of nitrogens with zero attached hydrogens (tertiary/aromatic N) is 1. The first-order valence-corrected chi connectivity index (χ1v) is 6.92. The van der Waals surface area contributed by atoms with Crippen molar-refractivity contribution in [3.63, 3.8) is 0 Å². The summed E-state index contributed by atoms with van der Waals surface area (Å²) in [4.78, 5) is 8.07. The van der Waals surface area contributed by atoms with Crippen molar-refractivity contribution >= 4 is 16.7 Å². The minimum Gasteiger partial charge on any atom is -0.399 e. The van der Waals surface area contributed by atoms with Gasteiger partial charge in [-0.25, -0.2) is 4.98 Å². The second kappa shape index (κ2) is 5.00. The number of benzene rings is 2. The van der Waals surface area contributed by atoms with E-state index in [0.29, 0.717) is 0 Å². The van der Waals surface area contributed by atoms with Gasteiger partial charge in [0.15, 0.2) is 0 Å². The molecule has 3 nitrogen and oxygen atoms in total. The number of nitrogens with two attached hydrogens (primary N) is 1. The second-order valence-corrected chi connectivity index (χ2v) is 5.38. The Labute approximate surface area is 118 Å². The molecular formula is C17H19N3. The molecule has 3 heteroatoms. The monoisotopic (exact) mass is 265 g/mol. The molecule has 0 spiro atoms. The zero-order valence-corrected chi connectivity index (χ0v) is 11.9. The average molecular weight is 265 g/mol. The highest BCUT2D eigenvalue weighted by atomic mass is 14.9. The largest absolute Gasteiger partial charge is 0.399 e. The number of anilines is 1. The van der Waals surface area contributed by atoms with Crippen molar-refractivity contribution in [2.24, 2.45) is 0 Å². The Kier molecular flexibility index (Phi) is 3.18. The molecule has 0 aliphatic rings. The summed E-state index contributed by atoms with van der Waals surface area (Å²) >= 11 is 0. The number of aromatic nitrogens is 2. The lowest BCUT2D eigenvalue weighted by Crippen LogP contribution is -1.94. The van der Waals surface area contributed by atoms with Gasteiger partial charge in [0.25, 0.3) is 0 Å². The highest BCUT2D eigenvalue weighted by Crippen LogP contribution is 2.18. The van der Waals surface area contributed by atoms with Crippen LogP contribution in [0.3, 0.4) is 0 Å². The van der Waals surface area contributed by atoms with E-state index in [1.807, 2.05) is 18.2 Å². The van der Waals surface area contributed by atoms with Gasteiger partial charge in [-0.3, -0.25) is 0 Å². The summed E-state index contributed by atoms with van der Waals surface area (Å²) in [6.07, 6.45) is 1.85. The van der Waals surface area contributed by atoms with Crippen molar-refractivity contribution in [1.29, 1.82) is 0 Å². The number of nitrogen functional groups attached to an aromatic ring is 1. The lowest BCUT2D eigenvalue weighted by atomic mass is 10.1. The van der Waals surface area contributed by atoms with Crippen LogP contribution >= 0.6 is 0 Å². The molecule has 2 aromatic carbocycles. The SMILES string of the molecule is Cc1cc2nc(CCc3cccc(N)c3)[nH]c2cc1C. The Bertz CT molecular complexity index is 717. The molecule has 3 N–H and O–H groups in total. The van der Waals surface area contributed by atoms with E-state index >= 15 is 0 Å². The number of aromatic amines is 1. The van der Waals surface area contributed by atoms with Crippen molar-refractivity contribution in [3.05, 3.63) is 58.9 Å². The molecular weight excluding hydrogens is 246 g/mol. The number of fused-ring (bicyclic) bond motifs is 1. The van der Waals surface area contributed by atoms with Crippen LogP contribution in [0.1, 0.15) is 22.5 Å². The molecule has 3 aromatic rings. The molecule has 0 bridgehead atoms. The Morgan fingerprint density at radius 3 is 2.65 bits per heavy atom. The number of rotatable bonds is 3. The molecule has 1 aromatic heterocycles. The number of hydrogen-bond donors (Lipinski definition) is 2. The second-order valence-electron chi connectivity index (χ2n) is 5.38. The number of hydrogen-bond acceptors (Lipinski definition) is 2. The van der Waals surface area contributed by atoms with Crippen LogP contribution in [-0.4, -0.2) is 9.97 Å². The highest BCUT2D eigenvalue weighted by Gasteiger charge is 2.05. The van der Waals surface area contributed by atoms with Crippen LogP contribution in [0, 0.1) is 13.8 Å². The summed E-state index contributed by atoms with van der Waals surface area (Å²) in [6, 6.07) is 12.4. The molecule has 0 aliphatic heterocycles. The van der Waals surface area contributed by atoms with Crippen LogP contribution in [-0.2, 0) is 12.8 Å². The van der Waals surface area contributed by atoms with Gasteiger partial charge < -0.3 is 10.7 Å². The molecule has 102 valence electrons. The summed E-state index contributed by atoms with van der Waals surface area (Å²) in [5, 5.41) is 0. The van der Waals surface area contributed by atoms with E-state index in [4.69, 9.17) is 5.73 Å². The van der Waals surface area contributed by atoms with Crippen LogP contribution in [0.2, 0.25) is 0 Å². The minimum atomic E-state index is 0.818. The topological polar surface area (TPSA) is 54.7 Å². The van der Waals surface area contributed by atoms with Gasteiger partial charge in [-0.15, -0.1) is 0 Å². The molecule has 0 aliphatic carbocycles. The lowest BCUT2D eigenvalue weighted by Gasteiger charge is -2.00. The van der Waals surface area contributed by atoms with E-state index in [1.54, 1.807) is 0 Å². The average Bonchev–Trinajstić information content (AvgIpc) is 2.79. The van der Waals surface area contributed by atoms with E-state index < -0.39 is 0 Å². The normalized spacial score (nSPS) is 11.1. The first-order valence-electron chi connectivity index (χ1n) is 6.92. The molecule has 0 radical (unpaired) electrons. The lowest BCUT2D eigenvalue weighted by molar-refractivity contribution is 0.890.